The lowest BCUT2D eigenvalue weighted by Gasteiger charge is -2.09. The lowest BCUT2D eigenvalue weighted by Crippen LogP contribution is -2.00. The smallest absolute Gasteiger partial charge is 0.313 e. The van der Waals surface area contributed by atoms with E-state index in [9.17, 15) is 14.0 Å². The van der Waals surface area contributed by atoms with Gasteiger partial charge in [0.1, 0.15) is 5.82 Å². The van der Waals surface area contributed by atoms with Crippen molar-refractivity contribution in [2.75, 3.05) is 19.5 Å². The van der Waals surface area contributed by atoms with Gasteiger partial charge in [-0.15, -0.1) is 11.8 Å². The fourth-order valence-electron chi connectivity index (χ4n) is 2.24. The van der Waals surface area contributed by atoms with E-state index in [4.69, 9.17) is 14.6 Å². The van der Waals surface area contributed by atoms with Crippen molar-refractivity contribution in [3.63, 3.8) is 0 Å². The minimum absolute atomic E-state index is 0.182. The van der Waals surface area contributed by atoms with E-state index in [-0.39, 0.29) is 22.0 Å². The molecule has 0 aliphatic heterocycles. The average Bonchev–Trinajstić information content (AvgIpc) is 2.65. The first-order valence-corrected chi connectivity index (χ1v) is 9.10. The molecule has 0 spiro atoms. The maximum atomic E-state index is 14.0. The Hall–Kier alpha value is -2.80. The molecule has 0 aromatic heterocycles. The zero-order chi connectivity index (χ0) is 19.8. The fourth-order valence-corrected chi connectivity index (χ4v) is 2.88. The third-order valence-electron chi connectivity index (χ3n) is 3.48. The molecule has 0 saturated heterocycles. The number of thioether (sulfide) groups is 1. The van der Waals surface area contributed by atoms with Gasteiger partial charge in [-0.3, -0.25) is 9.59 Å². The molecule has 2 rings (SSSR count). The summed E-state index contributed by atoms with van der Waals surface area (Å²) >= 11 is 0.866. The van der Waals surface area contributed by atoms with Crippen LogP contribution < -0.4 is 9.47 Å². The number of benzene rings is 2. The van der Waals surface area contributed by atoms with Crippen molar-refractivity contribution in [1.29, 1.82) is 0 Å². The average molecular weight is 390 g/mol. The normalized spacial score (nSPS) is 10.8. The molecule has 0 heterocycles. The number of hydrogen-bond acceptors (Lipinski definition) is 5. The van der Waals surface area contributed by atoms with E-state index >= 15 is 0 Å². The highest BCUT2D eigenvalue weighted by Gasteiger charge is 2.10. The Balaban J connectivity index is 2.12. The Morgan fingerprint density at radius 2 is 1.96 bits per heavy atom. The number of allylic oxidation sites excluding steroid dienone is 1. The second kappa shape index (κ2) is 9.78. The number of ether oxygens (including phenoxy) is 2. The minimum atomic E-state index is -1.03. The van der Waals surface area contributed by atoms with Crippen molar-refractivity contribution >= 4 is 29.6 Å². The number of hydrogen-bond donors (Lipinski definition) is 1. The largest absolute Gasteiger partial charge is 0.493 e. The Morgan fingerprint density at radius 1 is 1.19 bits per heavy atom. The first-order chi connectivity index (χ1) is 12.9. The molecule has 0 aliphatic carbocycles. The van der Waals surface area contributed by atoms with Crippen LogP contribution in [0.3, 0.4) is 0 Å². The molecule has 0 atom stereocenters. The maximum Gasteiger partial charge on any atom is 0.313 e. The number of aliphatic carboxylic acids is 1. The van der Waals surface area contributed by atoms with Crippen molar-refractivity contribution in [3.8, 4) is 11.5 Å². The van der Waals surface area contributed by atoms with Crippen LogP contribution in [-0.4, -0.2) is 36.3 Å². The van der Waals surface area contributed by atoms with Crippen LogP contribution in [0.25, 0.3) is 6.08 Å². The molecule has 2 aromatic rings. The molecule has 0 bridgehead atoms. The third kappa shape index (κ3) is 5.86. The highest BCUT2D eigenvalue weighted by atomic mass is 32.2. The minimum Gasteiger partial charge on any atom is -0.493 e. The number of carbonyl (C=O) groups is 2. The standard InChI is InChI=1S/C20H19FO5S/c1-3-26-17-8-5-13(10-18(17)25-2)4-7-16(22)14-6-9-19(15(21)11-14)27-12-20(23)24/h4-11H,3,12H2,1-2H3,(H,23,24)/b7-4+. The summed E-state index contributed by atoms with van der Waals surface area (Å²) in [7, 11) is 1.53. The van der Waals surface area contributed by atoms with Gasteiger partial charge in [-0.05, 0) is 48.9 Å². The molecule has 2 aromatic carbocycles. The summed E-state index contributed by atoms with van der Waals surface area (Å²) in [6, 6.07) is 9.25. The summed E-state index contributed by atoms with van der Waals surface area (Å²) < 4.78 is 24.7. The van der Waals surface area contributed by atoms with E-state index < -0.39 is 11.8 Å². The van der Waals surface area contributed by atoms with Crippen LogP contribution in [-0.2, 0) is 4.79 Å². The molecule has 0 unspecified atom stereocenters. The predicted molar refractivity (Wildman–Crippen MR) is 102 cm³/mol. The Kier molecular flexibility index (Phi) is 7.43. The Bertz CT molecular complexity index is 863. The van der Waals surface area contributed by atoms with Gasteiger partial charge in [0.2, 0.25) is 0 Å². The summed E-state index contributed by atoms with van der Waals surface area (Å²) in [5, 5.41) is 8.65. The Labute approximate surface area is 160 Å². The van der Waals surface area contributed by atoms with Crippen molar-refractivity contribution in [2.45, 2.75) is 11.8 Å². The summed E-state index contributed by atoms with van der Waals surface area (Å²) in [5.74, 6) is -1.10. The molecule has 0 amide bonds. The SMILES string of the molecule is CCOc1ccc(/C=C/C(=O)c2ccc(SCC(=O)O)c(F)c2)cc1OC. The molecule has 1 N–H and O–H groups in total. The van der Waals surface area contributed by atoms with Crippen LogP contribution in [0, 0.1) is 5.82 Å². The zero-order valence-corrected chi connectivity index (χ0v) is 15.7. The lowest BCUT2D eigenvalue weighted by molar-refractivity contribution is -0.133. The summed E-state index contributed by atoms with van der Waals surface area (Å²) in [5.41, 5.74) is 0.916. The number of halogens is 1. The van der Waals surface area contributed by atoms with E-state index in [0.717, 1.165) is 23.4 Å². The van der Waals surface area contributed by atoms with Crippen molar-refractivity contribution in [3.05, 3.63) is 59.4 Å². The van der Waals surface area contributed by atoms with Crippen molar-refractivity contribution in [1.82, 2.24) is 0 Å². The molecule has 27 heavy (non-hydrogen) atoms. The van der Waals surface area contributed by atoms with Crippen LogP contribution in [0.4, 0.5) is 4.39 Å². The van der Waals surface area contributed by atoms with E-state index in [0.29, 0.717) is 18.1 Å². The molecular formula is C20H19FO5S. The van der Waals surface area contributed by atoms with Crippen LogP contribution in [0.5, 0.6) is 11.5 Å². The van der Waals surface area contributed by atoms with Crippen molar-refractivity contribution in [2.24, 2.45) is 0 Å². The van der Waals surface area contributed by atoms with Crippen LogP contribution in [0.2, 0.25) is 0 Å². The molecule has 0 saturated carbocycles. The number of carboxylic acid groups (broad SMARTS) is 1. The van der Waals surface area contributed by atoms with Gasteiger partial charge in [-0.25, -0.2) is 4.39 Å². The van der Waals surface area contributed by atoms with Gasteiger partial charge in [-0.2, -0.15) is 0 Å². The lowest BCUT2D eigenvalue weighted by atomic mass is 10.1. The molecule has 142 valence electrons. The quantitative estimate of drug-likeness (QED) is 0.391. The predicted octanol–water partition coefficient (Wildman–Crippen LogP) is 4.31. The number of methoxy groups -OCH3 is 1. The molecular weight excluding hydrogens is 371 g/mol. The van der Waals surface area contributed by atoms with Crippen LogP contribution >= 0.6 is 11.8 Å². The molecule has 5 nitrogen and oxygen atoms in total. The second-order valence-corrected chi connectivity index (χ2v) is 6.39. The first kappa shape index (κ1) is 20.5. The van der Waals surface area contributed by atoms with Crippen molar-refractivity contribution < 1.29 is 28.6 Å². The number of carboxylic acids is 1. The van der Waals surface area contributed by atoms with E-state index in [1.54, 1.807) is 24.3 Å². The highest BCUT2D eigenvalue weighted by molar-refractivity contribution is 8.00. The first-order valence-electron chi connectivity index (χ1n) is 8.12. The topological polar surface area (TPSA) is 72.8 Å². The summed E-state index contributed by atoms with van der Waals surface area (Å²) in [6.45, 7) is 2.38. The van der Waals surface area contributed by atoms with Gasteiger partial charge in [0, 0.05) is 10.5 Å². The van der Waals surface area contributed by atoms with E-state index in [2.05, 4.69) is 0 Å². The fraction of sp³-hybridized carbons (Fsp3) is 0.200. The van der Waals surface area contributed by atoms with Gasteiger partial charge >= 0.3 is 5.97 Å². The molecule has 0 radical (unpaired) electrons. The number of carbonyl (C=O) groups excluding carboxylic acids is 1. The third-order valence-corrected chi connectivity index (χ3v) is 4.52. The second-order valence-electron chi connectivity index (χ2n) is 5.37. The summed E-state index contributed by atoms with van der Waals surface area (Å²) in [6.07, 6.45) is 2.94. The van der Waals surface area contributed by atoms with E-state index in [1.807, 2.05) is 6.92 Å². The van der Waals surface area contributed by atoms with Gasteiger partial charge < -0.3 is 14.6 Å². The summed E-state index contributed by atoms with van der Waals surface area (Å²) in [4.78, 5) is 23.0. The Morgan fingerprint density at radius 3 is 2.59 bits per heavy atom. The number of ketones is 1. The zero-order valence-electron chi connectivity index (χ0n) is 14.9. The van der Waals surface area contributed by atoms with Gasteiger partial charge in [0.15, 0.2) is 17.3 Å². The van der Waals surface area contributed by atoms with Gasteiger partial charge in [0.05, 0.1) is 19.5 Å². The van der Waals surface area contributed by atoms with Gasteiger partial charge in [-0.1, -0.05) is 12.1 Å². The maximum absolute atomic E-state index is 14.0. The van der Waals surface area contributed by atoms with Crippen LogP contribution in [0.1, 0.15) is 22.8 Å². The monoisotopic (exact) mass is 390 g/mol. The molecule has 7 heteroatoms. The van der Waals surface area contributed by atoms with Crippen LogP contribution in [0.15, 0.2) is 47.4 Å². The molecule has 0 fully saturated rings. The highest BCUT2D eigenvalue weighted by Crippen LogP contribution is 2.28. The number of rotatable bonds is 9. The molecule has 0 aliphatic rings. The van der Waals surface area contributed by atoms with Gasteiger partial charge in [0.25, 0.3) is 0 Å². The van der Waals surface area contributed by atoms with E-state index in [1.165, 1.54) is 25.3 Å².